The van der Waals surface area contributed by atoms with Crippen molar-refractivity contribution >= 4 is 28.3 Å². The molecule has 0 saturated heterocycles. The molecule has 0 N–H and O–H groups in total. The van der Waals surface area contributed by atoms with Crippen molar-refractivity contribution in [1.29, 1.82) is 0 Å². The van der Waals surface area contributed by atoms with Crippen LogP contribution in [0.4, 0.5) is 0 Å². The first-order valence-corrected chi connectivity index (χ1v) is 6.20. The van der Waals surface area contributed by atoms with Crippen LogP contribution in [0.5, 0.6) is 0 Å². The molecule has 0 bridgehead atoms. The summed E-state index contributed by atoms with van der Waals surface area (Å²) in [6, 6.07) is 7.88. The fraction of sp³-hybridized carbons (Fsp3) is 0.0667. The summed E-state index contributed by atoms with van der Waals surface area (Å²) in [6.45, 7) is 4.04. The van der Waals surface area contributed by atoms with Crippen LogP contribution < -0.4 is 0 Å². The van der Waals surface area contributed by atoms with Crippen LogP contribution in [0, 0.1) is 18.4 Å². The molecule has 0 spiro atoms. The Labute approximate surface area is 147 Å². The minimum absolute atomic E-state index is 0. The third kappa shape index (κ3) is 3.14. The van der Waals surface area contributed by atoms with E-state index in [9.17, 15) is 0 Å². The van der Waals surface area contributed by atoms with Gasteiger partial charge in [0.05, 0.1) is 0 Å². The van der Waals surface area contributed by atoms with E-state index in [0.717, 1.165) is 26.1 Å². The molecule has 1 radical (unpaired) electrons. The zero-order valence-electron chi connectivity index (χ0n) is 10.1. The van der Waals surface area contributed by atoms with Gasteiger partial charge < -0.3 is 4.90 Å². The average Bonchev–Trinajstić information content (AvgIpc) is 2.36. The number of terminal acetylenes is 1. The first-order valence-electron chi connectivity index (χ1n) is 5.12. The van der Waals surface area contributed by atoms with E-state index >= 15 is 0 Å². The summed E-state index contributed by atoms with van der Waals surface area (Å²) in [7, 11) is 1.99. The summed E-state index contributed by atoms with van der Waals surface area (Å²) in [4.78, 5) is 2.03. The van der Waals surface area contributed by atoms with Gasteiger partial charge in [-0.25, -0.2) is 0 Å². The molecule has 1 heterocycles. The number of halogens is 1. The number of nitrogens with zero attached hydrogens (tertiary/aromatic N) is 1. The quantitative estimate of drug-likeness (QED) is 0.381. The Morgan fingerprint density at radius 2 is 1.94 bits per heavy atom. The second-order valence-electron chi connectivity index (χ2n) is 3.71. The van der Waals surface area contributed by atoms with Gasteiger partial charge in [-0.3, -0.25) is 0 Å². The van der Waals surface area contributed by atoms with Gasteiger partial charge in [0.2, 0.25) is 0 Å². The monoisotopic (exact) mass is 421 g/mol. The van der Waals surface area contributed by atoms with E-state index in [0.29, 0.717) is 0 Å². The maximum atomic E-state index is 5.34. The Hall–Kier alpha value is -0.366. The minimum atomic E-state index is 0. The molecule has 0 aromatic heterocycles. The van der Waals surface area contributed by atoms with Crippen molar-refractivity contribution < 1.29 is 32.7 Å². The molecule has 0 atom stereocenters. The maximum absolute atomic E-state index is 5.34. The molecule has 18 heavy (non-hydrogen) atoms. The van der Waals surface area contributed by atoms with Gasteiger partial charge in [-0.2, -0.15) is 12.2 Å². The van der Waals surface area contributed by atoms with Crippen molar-refractivity contribution in [2.45, 2.75) is 0 Å². The van der Waals surface area contributed by atoms with Gasteiger partial charge >= 0.3 is 0 Å². The molecule has 0 aliphatic carbocycles. The van der Waals surface area contributed by atoms with Gasteiger partial charge in [0.15, 0.2) is 0 Å². The summed E-state index contributed by atoms with van der Waals surface area (Å²) in [5, 5.41) is 0. The van der Waals surface area contributed by atoms with Crippen LogP contribution in [0.3, 0.4) is 0 Å². The van der Waals surface area contributed by atoms with E-state index < -0.39 is 0 Å². The summed E-state index contributed by atoms with van der Waals surface area (Å²) in [6.07, 6.45) is 10.6. The normalized spacial score (nSPS) is 14.3. The smallest absolute Gasteiger partial charge is 0.0222 e. The van der Waals surface area contributed by atoms with Gasteiger partial charge in [0.1, 0.15) is 0 Å². The van der Waals surface area contributed by atoms with Crippen molar-refractivity contribution in [2.75, 3.05) is 7.05 Å². The van der Waals surface area contributed by atoms with E-state index in [2.05, 4.69) is 41.2 Å². The molecule has 3 heteroatoms. The second kappa shape index (κ2) is 6.70. The Morgan fingerprint density at radius 3 is 2.50 bits per heavy atom. The molecule has 0 fully saturated rings. The van der Waals surface area contributed by atoms with Crippen LogP contribution in [0.2, 0.25) is 0 Å². The van der Waals surface area contributed by atoms with Crippen molar-refractivity contribution in [3.63, 3.8) is 0 Å². The number of likely N-dealkylation sites (N-methyl/N-ethyl adjacent to an activating group) is 1. The van der Waals surface area contributed by atoms with Crippen molar-refractivity contribution in [3.05, 3.63) is 63.4 Å². The topological polar surface area (TPSA) is 3.24 Å². The van der Waals surface area contributed by atoms with Crippen LogP contribution >= 0.6 is 22.6 Å². The number of hydrogen-bond donors (Lipinski definition) is 0. The van der Waals surface area contributed by atoms with Gasteiger partial charge in [-0.15, -0.1) is 41.1 Å². The average molecular weight is 421 g/mol. The van der Waals surface area contributed by atoms with Crippen LogP contribution in [0.15, 0.2) is 46.2 Å². The molecule has 1 aliphatic rings. The summed E-state index contributed by atoms with van der Waals surface area (Å²) in [5.41, 5.74) is 3.98. The van der Waals surface area contributed by atoms with Crippen LogP contribution in [0.1, 0.15) is 11.1 Å². The number of benzene rings is 1. The molecule has 1 aromatic carbocycles. The fourth-order valence-corrected chi connectivity index (χ4v) is 2.13. The standard InChI is InChI=1S/C15H11IN.Y/c1-4-12-5-7-13(8-6-12)15-10-9-14(16)11(2)17(15)3;/h1,5-9H,2H2,3H3;/q-1;. The molecule has 1 aliphatic heterocycles. The molecular weight excluding hydrogens is 410 g/mol. The van der Waals surface area contributed by atoms with Gasteiger partial charge in [-0.05, 0) is 5.70 Å². The van der Waals surface area contributed by atoms with E-state index in [-0.39, 0.29) is 32.7 Å². The maximum Gasteiger partial charge on any atom is 0.0222 e. The van der Waals surface area contributed by atoms with E-state index in [1.807, 2.05) is 42.3 Å². The summed E-state index contributed by atoms with van der Waals surface area (Å²) in [5.74, 6) is 2.61. The molecule has 2 rings (SSSR count). The Morgan fingerprint density at radius 1 is 1.33 bits per heavy atom. The molecule has 87 valence electrons. The fourth-order valence-electron chi connectivity index (χ4n) is 1.61. The van der Waals surface area contributed by atoms with Crippen LogP contribution in [-0.2, 0) is 32.7 Å². The molecule has 0 unspecified atom stereocenters. The van der Waals surface area contributed by atoms with Gasteiger partial charge in [0, 0.05) is 45.3 Å². The first-order chi connectivity index (χ1) is 8.13. The molecule has 1 nitrogen and oxygen atoms in total. The predicted molar refractivity (Wildman–Crippen MR) is 80.0 cm³/mol. The summed E-state index contributed by atoms with van der Waals surface area (Å²) >= 11 is 2.26. The van der Waals surface area contributed by atoms with Crippen LogP contribution in [0.25, 0.3) is 5.70 Å². The second-order valence-corrected chi connectivity index (χ2v) is 4.87. The molecular formula is C15H11INY-. The Balaban J connectivity index is 0.00000162. The first kappa shape index (κ1) is 15.7. The zero-order valence-corrected chi connectivity index (χ0v) is 15.1. The zero-order chi connectivity index (χ0) is 12.4. The van der Waals surface area contributed by atoms with Crippen molar-refractivity contribution in [2.24, 2.45) is 0 Å². The third-order valence-corrected chi connectivity index (χ3v) is 3.61. The molecule has 1 aromatic rings. The van der Waals surface area contributed by atoms with Gasteiger partial charge in [-0.1, -0.05) is 39.5 Å². The SMILES string of the molecule is C#Cc1ccc(C2=[C-]C=C(I)C(=C)N2C)cc1.[Y]. The molecule has 0 amide bonds. The molecule has 0 saturated carbocycles. The summed E-state index contributed by atoms with van der Waals surface area (Å²) < 4.78 is 1.11. The Kier molecular flexibility index (Phi) is 5.84. The number of hydrogen-bond acceptors (Lipinski definition) is 1. The minimum Gasteiger partial charge on any atom is -0.378 e. The van der Waals surface area contributed by atoms with Gasteiger partial charge in [0.25, 0.3) is 0 Å². The van der Waals surface area contributed by atoms with E-state index in [4.69, 9.17) is 6.42 Å². The van der Waals surface area contributed by atoms with Crippen molar-refractivity contribution in [1.82, 2.24) is 4.90 Å². The largest absolute Gasteiger partial charge is 0.378 e. The number of rotatable bonds is 1. The van der Waals surface area contributed by atoms with Crippen LogP contribution in [-0.4, -0.2) is 11.9 Å². The van der Waals surface area contributed by atoms with E-state index in [1.165, 1.54) is 0 Å². The Bertz CT molecular complexity index is 561. The third-order valence-electron chi connectivity index (χ3n) is 2.68. The predicted octanol–water partition coefficient (Wildman–Crippen LogP) is 3.59. The van der Waals surface area contributed by atoms with Crippen molar-refractivity contribution in [3.8, 4) is 12.3 Å². The number of allylic oxidation sites excluding steroid dienone is 3. The van der Waals surface area contributed by atoms with E-state index in [1.54, 1.807) is 0 Å².